The second kappa shape index (κ2) is 8.51. The molecule has 8 nitrogen and oxygen atoms in total. The molecule has 0 spiro atoms. The van der Waals surface area contributed by atoms with Gasteiger partial charge in [0, 0.05) is 18.1 Å². The van der Waals surface area contributed by atoms with Crippen LogP contribution in [0.4, 0.5) is 15.0 Å². The third-order valence-corrected chi connectivity index (χ3v) is 4.14. The van der Waals surface area contributed by atoms with Crippen molar-refractivity contribution in [1.29, 1.82) is 0 Å². The average molecular weight is 398 g/mol. The van der Waals surface area contributed by atoms with E-state index in [0.29, 0.717) is 18.4 Å². The summed E-state index contributed by atoms with van der Waals surface area (Å²) in [5.74, 6) is -1.58. The Morgan fingerprint density at radius 1 is 1.21 bits per heavy atom. The standard InChI is InChI=1S/C20H19FN4O4/c1-3-22-20(28)25-18-14-9-12(8-11-4-6-13(21)7-5-11)10-23-15(14)17(26)16(24-18)19(27)29-2/h4-7,9-10,26H,3,8H2,1-2H3,(H2,22,24,25,28). The monoisotopic (exact) mass is 398 g/mol. The Labute approximate surface area is 165 Å². The number of nitrogens with zero attached hydrogens (tertiary/aromatic N) is 2. The fourth-order valence-electron chi connectivity index (χ4n) is 2.80. The average Bonchev–Trinajstić information content (AvgIpc) is 2.71. The van der Waals surface area contributed by atoms with E-state index in [-0.39, 0.29) is 22.8 Å². The van der Waals surface area contributed by atoms with Gasteiger partial charge in [0.25, 0.3) is 0 Å². The zero-order chi connectivity index (χ0) is 21.0. The first-order valence-electron chi connectivity index (χ1n) is 8.82. The van der Waals surface area contributed by atoms with Crippen molar-refractivity contribution in [3.63, 3.8) is 0 Å². The molecule has 29 heavy (non-hydrogen) atoms. The Morgan fingerprint density at radius 2 is 1.93 bits per heavy atom. The third-order valence-electron chi connectivity index (χ3n) is 4.14. The molecule has 0 fully saturated rings. The number of rotatable bonds is 5. The third kappa shape index (κ3) is 4.40. The highest BCUT2D eigenvalue weighted by Gasteiger charge is 2.22. The maximum Gasteiger partial charge on any atom is 0.360 e. The van der Waals surface area contributed by atoms with Crippen LogP contribution in [0, 0.1) is 5.82 Å². The summed E-state index contributed by atoms with van der Waals surface area (Å²) in [6, 6.07) is 7.21. The molecular formula is C20H19FN4O4. The van der Waals surface area contributed by atoms with Crippen LogP contribution in [0.25, 0.3) is 10.9 Å². The minimum absolute atomic E-state index is 0.0533. The second-order valence-corrected chi connectivity index (χ2v) is 6.18. The van der Waals surface area contributed by atoms with Crippen molar-refractivity contribution in [3.05, 3.63) is 59.2 Å². The number of amides is 2. The van der Waals surface area contributed by atoms with Gasteiger partial charge in [-0.3, -0.25) is 10.3 Å². The van der Waals surface area contributed by atoms with E-state index in [9.17, 15) is 19.1 Å². The first kappa shape index (κ1) is 20.0. The van der Waals surface area contributed by atoms with Gasteiger partial charge in [0.1, 0.15) is 17.2 Å². The molecule has 0 saturated carbocycles. The lowest BCUT2D eigenvalue weighted by Crippen LogP contribution is -2.29. The highest BCUT2D eigenvalue weighted by atomic mass is 19.1. The molecule has 3 aromatic rings. The summed E-state index contributed by atoms with van der Waals surface area (Å²) in [6.45, 7) is 2.14. The summed E-state index contributed by atoms with van der Waals surface area (Å²) in [5, 5.41) is 15.9. The number of carbonyl (C=O) groups excluding carboxylic acids is 2. The van der Waals surface area contributed by atoms with Crippen molar-refractivity contribution < 1.29 is 23.8 Å². The van der Waals surface area contributed by atoms with Crippen molar-refractivity contribution >= 4 is 28.7 Å². The van der Waals surface area contributed by atoms with Gasteiger partial charge in [-0.05, 0) is 42.7 Å². The molecule has 0 bridgehead atoms. The Bertz CT molecular complexity index is 1070. The minimum atomic E-state index is -0.861. The number of anilines is 1. The van der Waals surface area contributed by atoms with Gasteiger partial charge in [-0.1, -0.05) is 12.1 Å². The lowest BCUT2D eigenvalue weighted by molar-refractivity contribution is 0.0591. The van der Waals surface area contributed by atoms with Gasteiger partial charge in [-0.25, -0.2) is 19.0 Å². The van der Waals surface area contributed by atoms with Crippen LogP contribution in [-0.2, 0) is 11.2 Å². The van der Waals surface area contributed by atoms with Crippen molar-refractivity contribution in [2.45, 2.75) is 13.3 Å². The van der Waals surface area contributed by atoms with Crippen LogP contribution in [0.5, 0.6) is 5.75 Å². The van der Waals surface area contributed by atoms with Gasteiger partial charge in [-0.15, -0.1) is 0 Å². The molecule has 9 heteroatoms. The molecule has 2 aromatic heterocycles. The van der Waals surface area contributed by atoms with Crippen molar-refractivity contribution in [3.8, 4) is 5.75 Å². The molecule has 0 unspecified atom stereocenters. The molecule has 3 rings (SSSR count). The van der Waals surface area contributed by atoms with E-state index in [1.807, 2.05) is 0 Å². The van der Waals surface area contributed by atoms with Crippen LogP contribution < -0.4 is 10.6 Å². The first-order valence-corrected chi connectivity index (χ1v) is 8.82. The van der Waals surface area contributed by atoms with Gasteiger partial charge < -0.3 is 15.2 Å². The molecule has 3 N–H and O–H groups in total. The van der Waals surface area contributed by atoms with Crippen LogP contribution in [-0.4, -0.2) is 40.7 Å². The highest BCUT2D eigenvalue weighted by Crippen LogP contribution is 2.32. The van der Waals surface area contributed by atoms with Crippen LogP contribution in [0.1, 0.15) is 28.5 Å². The number of halogens is 1. The molecule has 150 valence electrons. The summed E-state index contributed by atoms with van der Waals surface area (Å²) in [5.41, 5.74) is 1.34. The van der Waals surface area contributed by atoms with E-state index in [2.05, 4.69) is 25.3 Å². The SMILES string of the molecule is CCNC(=O)Nc1nc(C(=O)OC)c(O)c2ncc(Cc3ccc(F)cc3)cc12. The quantitative estimate of drug-likeness (QED) is 0.570. The Kier molecular flexibility index (Phi) is 5.87. The van der Waals surface area contributed by atoms with Crippen molar-refractivity contribution in [2.75, 3.05) is 19.0 Å². The van der Waals surface area contributed by atoms with E-state index in [1.165, 1.54) is 18.3 Å². The number of esters is 1. The topological polar surface area (TPSA) is 113 Å². The van der Waals surface area contributed by atoms with Crippen LogP contribution in [0.3, 0.4) is 0 Å². The molecule has 0 saturated heterocycles. The van der Waals surface area contributed by atoms with E-state index in [0.717, 1.165) is 18.2 Å². The number of hydrogen-bond acceptors (Lipinski definition) is 6. The summed E-state index contributed by atoms with van der Waals surface area (Å²) < 4.78 is 17.8. The maximum atomic E-state index is 13.1. The van der Waals surface area contributed by atoms with Crippen molar-refractivity contribution in [2.24, 2.45) is 0 Å². The summed E-state index contributed by atoms with van der Waals surface area (Å²) in [6.07, 6.45) is 1.98. The largest absolute Gasteiger partial charge is 0.504 e. The van der Waals surface area contributed by atoms with Gasteiger partial charge in [0.05, 0.1) is 7.11 Å². The molecule has 0 atom stereocenters. The fraction of sp³-hybridized carbons (Fsp3) is 0.200. The van der Waals surface area contributed by atoms with Gasteiger partial charge in [0.15, 0.2) is 11.4 Å². The summed E-state index contributed by atoms with van der Waals surface area (Å²) in [7, 11) is 1.16. The number of pyridine rings is 2. The van der Waals surface area contributed by atoms with E-state index >= 15 is 0 Å². The minimum Gasteiger partial charge on any atom is -0.504 e. The number of urea groups is 1. The van der Waals surface area contributed by atoms with Crippen LogP contribution >= 0.6 is 0 Å². The Morgan fingerprint density at radius 3 is 2.59 bits per heavy atom. The summed E-state index contributed by atoms with van der Waals surface area (Å²) in [4.78, 5) is 32.3. The molecule has 0 radical (unpaired) electrons. The first-order chi connectivity index (χ1) is 13.9. The number of benzene rings is 1. The molecule has 1 aromatic carbocycles. The molecule has 0 aliphatic carbocycles. The molecular weight excluding hydrogens is 379 g/mol. The Balaban J connectivity index is 2.09. The zero-order valence-corrected chi connectivity index (χ0v) is 15.8. The van der Waals surface area contributed by atoms with Gasteiger partial charge in [0.2, 0.25) is 0 Å². The predicted octanol–water partition coefficient (Wildman–Crippen LogP) is 2.99. The highest BCUT2D eigenvalue weighted by molar-refractivity contribution is 6.05. The lowest BCUT2D eigenvalue weighted by atomic mass is 10.0. The van der Waals surface area contributed by atoms with E-state index in [4.69, 9.17) is 0 Å². The number of aromatic hydroxyl groups is 1. The van der Waals surface area contributed by atoms with E-state index < -0.39 is 17.7 Å². The number of ether oxygens (including phenoxy) is 1. The molecule has 2 heterocycles. The van der Waals surface area contributed by atoms with Crippen LogP contribution in [0.2, 0.25) is 0 Å². The number of fused-ring (bicyclic) bond motifs is 1. The Hall–Kier alpha value is -3.75. The van der Waals surface area contributed by atoms with Crippen LogP contribution in [0.15, 0.2) is 36.5 Å². The number of nitrogens with one attached hydrogen (secondary N) is 2. The molecule has 2 amide bonds. The number of aromatic nitrogens is 2. The number of hydrogen-bond donors (Lipinski definition) is 3. The van der Waals surface area contributed by atoms with Crippen molar-refractivity contribution in [1.82, 2.24) is 15.3 Å². The number of carbonyl (C=O) groups is 2. The van der Waals surface area contributed by atoms with Gasteiger partial charge >= 0.3 is 12.0 Å². The second-order valence-electron chi connectivity index (χ2n) is 6.18. The normalized spacial score (nSPS) is 10.6. The zero-order valence-electron chi connectivity index (χ0n) is 15.8. The molecule has 0 aliphatic heterocycles. The predicted molar refractivity (Wildman–Crippen MR) is 104 cm³/mol. The maximum absolute atomic E-state index is 13.1. The van der Waals surface area contributed by atoms with E-state index in [1.54, 1.807) is 25.1 Å². The summed E-state index contributed by atoms with van der Waals surface area (Å²) >= 11 is 0. The lowest BCUT2D eigenvalue weighted by Gasteiger charge is -2.13. The van der Waals surface area contributed by atoms with Gasteiger partial charge in [-0.2, -0.15) is 0 Å². The molecule has 0 aliphatic rings. The fourth-order valence-corrected chi connectivity index (χ4v) is 2.80. The number of methoxy groups -OCH3 is 1. The smallest absolute Gasteiger partial charge is 0.360 e.